The van der Waals surface area contributed by atoms with Crippen molar-refractivity contribution >= 4 is 5.69 Å². The number of hydrogen-bond acceptors (Lipinski definition) is 2. The van der Waals surface area contributed by atoms with Crippen LogP contribution in [0, 0.1) is 13.8 Å². The Balaban J connectivity index is 2.09. The van der Waals surface area contributed by atoms with Gasteiger partial charge in [0.1, 0.15) is 5.69 Å². The second kappa shape index (κ2) is 4.85. The summed E-state index contributed by atoms with van der Waals surface area (Å²) in [5.41, 5.74) is 12.1. The largest absolute Gasteiger partial charge is 0.396 e. The topological polar surface area (TPSA) is 43.8 Å². The van der Waals surface area contributed by atoms with Crippen molar-refractivity contribution in [3.8, 4) is 16.9 Å². The minimum Gasteiger partial charge on any atom is -0.396 e. The van der Waals surface area contributed by atoms with Crippen LogP contribution in [0.4, 0.5) is 5.69 Å². The van der Waals surface area contributed by atoms with Crippen molar-refractivity contribution in [2.45, 2.75) is 13.8 Å². The second-order valence-corrected chi connectivity index (χ2v) is 5.09. The molecule has 0 aliphatic rings. The van der Waals surface area contributed by atoms with Crippen LogP contribution < -0.4 is 5.73 Å². The van der Waals surface area contributed by atoms with Gasteiger partial charge in [-0.3, -0.25) is 0 Å². The number of hydrogen-bond donors (Lipinski definition) is 1. The predicted molar refractivity (Wildman–Crippen MR) is 82.9 cm³/mol. The highest BCUT2D eigenvalue weighted by molar-refractivity contribution is 5.72. The molecule has 0 spiro atoms. The van der Waals surface area contributed by atoms with E-state index in [1.807, 2.05) is 41.2 Å². The summed E-state index contributed by atoms with van der Waals surface area (Å²) >= 11 is 0. The molecular weight excluding hydrogens is 246 g/mol. The first kappa shape index (κ1) is 12.5. The summed E-state index contributed by atoms with van der Waals surface area (Å²) in [7, 11) is 0. The van der Waals surface area contributed by atoms with Gasteiger partial charge in [-0.2, -0.15) is 5.10 Å². The van der Waals surface area contributed by atoms with Gasteiger partial charge in [0, 0.05) is 5.56 Å². The van der Waals surface area contributed by atoms with Crippen LogP contribution in [0.2, 0.25) is 0 Å². The Labute approximate surface area is 118 Å². The smallest absolute Gasteiger partial charge is 0.116 e. The summed E-state index contributed by atoms with van der Waals surface area (Å²) < 4.78 is 1.84. The van der Waals surface area contributed by atoms with Gasteiger partial charge in [0.2, 0.25) is 0 Å². The number of nitrogens with zero attached hydrogens (tertiary/aromatic N) is 2. The molecule has 3 rings (SSSR count). The molecule has 0 unspecified atom stereocenters. The van der Waals surface area contributed by atoms with Gasteiger partial charge in [-0.1, -0.05) is 36.4 Å². The van der Waals surface area contributed by atoms with Gasteiger partial charge < -0.3 is 5.73 Å². The van der Waals surface area contributed by atoms with E-state index >= 15 is 0 Å². The average molecular weight is 263 g/mol. The van der Waals surface area contributed by atoms with Crippen molar-refractivity contribution in [1.82, 2.24) is 9.78 Å². The van der Waals surface area contributed by atoms with Crippen LogP contribution in [-0.4, -0.2) is 9.78 Å². The molecule has 2 N–H and O–H groups in total. The Morgan fingerprint density at radius 2 is 1.60 bits per heavy atom. The molecule has 1 aromatic heterocycles. The number of anilines is 1. The lowest BCUT2D eigenvalue weighted by molar-refractivity contribution is 0.881. The lowest BCUT2D eigenvalue weighted by atomic mass is 10.1. The summed E-state index contributed by atoms with van der Waals surface area (Å²) in [6.45, 7) is 4.17. The standard InChI is InChI=1S/C17H17N3/c1-12-8-13(2)10-15(9-12)20-11-16(18)17(19-20)14-6-4-3-5-7-14/h3-11H,18H2,1-2H3. The van der Waals surface area contributed by atoms with Crippen LogP contribution in [0.3, 0.4) is 0 Å². The van der Waals surface area contributed by atoms with Crippen LogP contribution in [0.5, 0.6) is 0 Å². The lowest BCUT2D eigenvalue weighted by Gasteiger charge is -2.04. The zero-order valence-electron chi connectivity index (χ0n) is 11.7. The zero-order chi connectivity index (χ0) is 14.1. The van der Waals surface area contributed by atoms with Gasteiger partial charge in [0.25, 0.3) is 0 Å². The third-order valence-electron chi connectivity index (χ3n) is 3.26. The minimum atomic E-state index is 0.690. The van der Waals surface area contributed by atoms with Gasteiger partial charge in [-0.05, 0) is 37.1 Å². The van der Waals surface area contributed by atoms with E-state index in [-0.39, 0.29) is 0 Å². The van der Waals surface area contributed by atoms with Crippen molar-refractivity contribution in [2.24, 2.45) is 0 Å². The fourth-order valence-electron chi connectivity index (χ4n) is 2.42. The molecular formula is C17H17N3. The number of nitrogens with two attached hydrogens (primary N) is 1. The number of rotatable bonds is 2. The Hall–Kier alpha value is -2.55. The Kier molecular flexibility index (Phi) is 3.03. The SMILES string of the molecule is Cc1cc(C)cc(-n2cc(N)c(-c3ccccc3)n2)c1. The average Bonchev–Trinajstić information content (AvgIpc) is 2.81. The maximum atomic E-state index is 6.10. The third kappa shape index (κ3) is 2.30. The Bertz CT molecular complexity index is 722. The first-order valence-electron chi connectivity index (χ1n) is 6.63. The van der Waals surface area contributed by atoms with E-state index < -0.39 is 0 Å². The lowest BCUT2D eigenvalue weighted by Crippen LogP contribution is -1.96. The highest BCUT2D eigenvalue weighted by Crippen LogP contribution is 2.25. The van der Waals surface area contributed by atoms with Crippen molar-refractivity contribution in [3.05, 3.63) is 65.9 Å². The van der Waals surface area contributed by atoms with Crippen LogP contribution >= 0.6 is 0 Å². The zero-order valence-corrected chi connectivity index (χ0v) is 11.7. The first-order chi connectivity index (χ1) is 9.63. The predicted octanol–water partition coefficient (Wildman–Crippen LogP) is 3.74. The summed E-state index contributed by atoms with van der Waals surface area (Å²) in [6.07, 6.45) is 1.87. The van der Waals surface area contributed by atoms with Crippen molar-refractivity contribution in [1.29, 1.82) is 0 Å². The molecule has 0 bridgehead atoms. The molecule has 3 aromatic rings. The molecule has 100 valence electrons. The maximum Gasteiger partial charge on any atom is 0.116 e. The van der Waals surface area contributed by atoms with Crippen LogP contribution in [0.15, 0.2) is 54.7 Å². The van der Waals surface area contributed by atoms with Crippen molar-refractivity contribution < 1.29 is 0 Å². The molecule has 1 heterocycles. The van der Waals surface area contributed by atoms with Crippen LogP contribution in [0.25, 0.3) is 16.9 Å². The van der Waals surface area contributed by atoms with E-state index in [0.717, 1.165) is 16.9 Å². The van der Waals surface area contributed by atoms with Crippen molar-refractivity contribution in [2.75, 3.05) is 5.73 Å². The summed E-state index contributed by atoms with van der Waals surface area (Å²) in [5, 5.41) is 4.62. The molecule has 3 heteroatoms. The highest BCUT2D eigenvalue weighted by atomic mass is 15.3. The summed E-state index contributed by atoms with van der Waals surface area (Å²) in [6, 6.07) is 16.4. The van der Waals surface area contributed by atoms with Crippen LogP contribution in [0.1, 0.15) is 11.1 Å². The van der Waals surface area contributed by atoms with Crippen molar-refractivity contribution in [3.63, 3.8) is 0 Å². The van der Waals surface area contributed by atoms with Crippen LogP contribution in [-0.2, 0) is 0 Å². The Morgan fingerprint density at radius 3 is 2.25 bits per heavy atom. The van der Waals surface area contributed by atoms with E-state index in [1.54, 1.807) is 0 Å². The van der Waals surface area contributed by atoms with E-state index in [2.05, 4.69) is 37.1 Å². The van der Waals surface area contributed by atoms with E-state index in [0.29, 0.717) is 5.69 Å². The fourth-order valence-corrected chi connectivity index (χ4v) is 2.42. The highest BCUT2D eigenvalue weighted by Gasteiger charge is 2.09. The summed E-state index contributed by atoms with van der Waals surface area (Å²) in [5.74, 6) is 0. The van der Waals surface area contributed by atoms with E-state index in [1.165, 1.54) is 11.1 Å². The molecule has 0 fully saturated rings. The molecule has 0 aliphatic carbocycles. The molecule has 0 saturated heterocycles. The monoisotopic (exact) mass is 263 g/mol. The second-order valence-electron chi connectivity index (χ2n) is 5.09. The Morgan fingerprint density at radius 1 is 0.950 bits per heavy atom. The number of nitrogen functional groups attached to an aromatic ring is 1. The fraction of sp³-hybridized carbons (Fsp3) is 0.118. The van der Waals surface area contributed by atoms with E-state index in [4.69, 9.17) is 5.73 Å². The molecule has 0 atom stereocenters. The van der Waals surface area contributed by atoms with Gasteiger partial charge in [0.05, 0.1) is 17.6 Å². The van der Waals surface area contributed by atoms with Gasteiger partial charge in [0.15, 0.2) is 0 Å². The quantitative estimate of drug-likeness (QED) is 0.765. The molecule has 0 radical (unpaired) electrons. The third-order valence-corrected chi connectivity index (χ3v) is 3.26. The molecule has 20 heavy (non-hydrogen) atoms. The minimum absolute atomic E-state index is 0.690. The normalized spacial score (nSPS) is 10.7. The van der Waals surface area contributed by atoms with Gasteiger partial charge >= 0.3 is 0 Å². The maximum absolute atomic E-state index is 6.10. The van der Waals surface area contributed by atoms with Gasteiger partial charge in [-0.15, -0.1) is 0 Å². The van der Waals surface area contributed by atoms with Gasteiger partial charge in [-0.25, -0.2) is 4.68 Å². The first-order valence-corrected chi connectivity index (χ1v) is 6.63. The number of aryl methyl sites for hydroxylation is 2. The number of benzene rings is 2. The van der Waals surface area contributed by atoms with E-state index in [9.17, 15) is 0 Å². The summed E-state index contributed by atoms with van der Waals surface area (Å²) in [4.78, 5) is 0. The number of aromatic nitrogens is 2. The molecule has 3 nitrogen and oxygen atoms in total. The molecule has 2 aromatic carbocycles. The molecule has 0 saturated carbocycles. The molecule has 0 amide bonds. The molecule has 0 aliphatic heterocycles.